The van der Waals surface area contributed by atoms with Crippen LogP contribution >= 0.6 is 0 Å². The average molecular weight is 164 g/mol. The monoisotopic (exact) mass is 164 g/mol. The van der Waals surface area contributed by atoms with Gasteiger partial charge in [-0.3, -0.25) is 0 Å². The molecule has 0 saturated carbocycles. The van der Waals surface area contributed by atoms with E-state index in [0.29, 0.717) is 5.78 Å². The predicted octanol–water partition coefficient (Wildman–Crippen LogP) is 1.46. The molecule has 4 heteroatoms. The minimum Gasteiger partial charge on any atom is -0.220 e. The maximum atomic E-state index is 3.99. The van der Waals surface area contributed by atoms with E-state index in [4.69, 9.17) is 0 Å². The Morgan fingerprint density at radius 2 is 2.00 bits per heavy atom. The summed E-state index contributed by atoms with van der Waals surface area (Å²) >= 11 is 0. The first-order chi connectivity index (χ1) is 5.88. The van der Waals surface area contributed by atoms with E-state index in [1.165, 1.54) is 6.33 Å². The molecule has 0 N–H and O–H groups in total. The second-order valence-electron chi connectivity index (χ2n) is 2.06. The SMILES string of the molecule is CC.Cc1ccnc2ncnn12. The van der Waals surface area contributed by atoms with E-state index in [2.05, 4.69) is 15.1 Å². The van der Waals surface area contributed by atoms with Crippen LogP contribution in [0.15, 0.2) is 18.6 Å². The van der Waals surface area contributed by atoms with Crippen molar-refractivity contribution in [3.8, 4) is 0 Å². The number of aromatic nitrogens is 4. The van der Waals surface area contributed by atoms with Crippen molar-refractivity contribution in [2.45, 2.75) is 20.8 Å². The number of hydrogen-bond acceptors (Lipinski definition) is 3. The second-order valence-corrected chi connectivity index (χ2v) is 2.06. The topological polar surface area (TPSA) is 43.1 Å². The first-order valence-corrected chi connectivity index (χ1v) is 3.99. The summed E-state index contributed by atoms with van der Waals surface area (Å²) in [7, 11) is 0. The molecule has 2 rings (SSSR count). The Bertz CT molecular complexity index is 353. The first-order valence-electron chi connectivity index (χ1n) is 3.99. The first kappa shape index (κ1) is 8.64. The van der Waals surface area contributed by atoms with Gasteiger partial charge in [-0.15, -0.1) is 0 Å². The van der Waals surface area contributed by atoms with Crippen molar-refractivity contribution in [3.05, 3.63) is 24.3 Å². The smallest absolute Gasteiger partial charge is 0.220 e. The van der Waals surface area contributed by atoms with Gasteiger partial charge in [0.1, 0.15) is 6.33 Å². The molecule has 0 amide bonds. The highest BCUT2D eigenvalue weighted by Gasteiger charge is 1.95. The summed E-state index contributed by atoms with van der Waals surface area (Å²) in [6.07, 6.45) is 3.22. The summed E-state index contributed by atoms with van der Waals surface area (Å²) in [6, 6.07) is 1.89. The Hall–Kier alpha value is -1.45. The Morgan fingerprint density at radius 3 is 2.67 bits per heavy atom. The van der Waals surface area contributed by atoms with Gasteiger partial charge < -0.3 is 0 Å². The molecule has 4 nitrogen and oxygen atoms in total. The van der Waals surface area contributed by atoms with Crippen LogP contribution in [0.5, 0.6) is 0 Å². The maximum Gasteiger partial charge on any atom is 0.252 e. The van der Waals surface area contributed by atoms with Crippen LogP contribution < -0.4 is 0 Å². The number of hydrogen-bond donors (Lipinski definition) is 0. The zero-order chi connectivity index (χ0) is 8.97. The van der Waals surface area contributed by atoms with Crippen molar-refractivity contribution in [1.82, 2.24) is 19.6 Å². The standard InChI is InChI=1S/C6H6N4.C2H6/c1-5-2-3-7-6-8-4-9-10(5)6;1-2/h2-4H,1H3;1-2H3. The molecule has 12 heavy (non-hydrogen) atoms. The lowest BCUT2D eigenvalue weighted by atomic mass is 10.5. The lowest BCUT2D eigenvalue weighted by molar-refractivity contribution is 0.894. The van der Waals surface area contributed by atoms with Crippen LogP contribution in [-0.2, 0) is 0 Å². The molecular weight excluding hydrogens is 152 g/mol. The zero-order valence-electron chi connectivity index (χ0n) is 7.52. The quantitative estimate of drug-likeness (QED) is 0.592. The Balaban J connectivity index is 0.000000336. The highest BCUT2D eigenvalue weighted by atomic mass is 15.3. The third-order valence-electron chi connectivity index (χ3n) is 1.37. The molecule has 64 valence electrons. The van der Waals surface area contributed by atoms with E-state index in [1.54, 1.807) is 10.7 Å². The molecule has 2 aromatic rings. The molecule has 2 aromatic heterocycles. The Morgan fingerprint density at radius 1 is 1.25 bits per heavy atom. The van der Waals surface area contributed by atoms with Crippen molar-refractivity contribution < 1.29 is 0 Å². The van der Waals surface area contributed by atoms with Crippen LogP contribution in [0.3, 0.4) is 0 Å². The van der Waals surface area contributed by atoms with E-state index >= 15 is 0 Å². The summed E-state index contributed by atoms with van der Waals surface area (Å²) in [5.41, 5.74) is 1.04. The van der Waals surface area contributed by atoms with Gasteiger partial charge in [0.2, 0.25) is 0 Å². The number of aryl methyl sites for hydroxylation is 1. The van der Waals surface area contributed by atoms with Gasteiger partial charge >= 0.3 is 0 Å². The third kappa shape index (κ3) is 1.42. The summed E-state index contributed by atoms with van der Waals surface area (Å²) in [5.74, 6) is 0.653. The predicted molar refractivity (Wildman–Crippen MR) is 46.9 cm³/mol. The van der Waals surface area contributed by atoms with Crippen molar-refractivity contribution in [2.75, 3.05) is 0 Å². The van der Waals surface area contributed by atoms with Gasteiger partial charge in [-0.2, -0.15) is 10.1 Å². The van der Waals surface area contributed by atoms with E-state index < -0.39 is 0 Å². The van der Waals surface area contributed by atoms with E-state index in [9.17, 15) is 0 Å². The van der Waals surface area contributed by atoms with Crippen molar-refractivity contribution in [2.24, 2.45) is 0 Å². The normalized spacial score (nSPS) is 9.25. The highest BCUT2D eigenvalue weighted by molar-refractivity contribution is 5.25. The minimum atomic E-state index is 0.653. The fraction of sp³-hybridized carbons (Fsp3) is 0.375. The molecule has 0 aliphatic heterocycles. The van der Waals surface area contributed by atoms with Crippen LogP contribution in [-0.4, -0.2) is 19.6 Å². The highest BCUT2D eigenvalue weighted by Crippen LogP contribution is 1.96. The van der Waals surface area contributed by atoms with Crippen molar-refractivity contribution in [3.63, 3.8) is 0 Å². The molecule has 0 atom stereocenters. The van der Waals surface area contributed by atoms with E-state index in [-0.39, 0.29) is 0 Å². The van der Waals surface area contributed by atoms with Gasteiger partial charge in [-0.25, -0.2) is 9.50 Å². The van der Waals surface area contributed by atoms with Crippen LogP contribution in [0.4, 0.5) is 0 Å². The van der Waals surface area contributed by atoms with Gasteiger partial charge in [0.05, 0.1) is 0 Å². The molecule has 0 bridgehead atoms. The number of fused-ring (bicyclic) bond motifs is 1. The molecule has 0 fully saturated rings. The second kappa shape index (κ2) is 3.80. The van der Waals surface area contributed by atoms with Gasteiger partial charge in [0.15, 0.2) is 0 Å². The Labute approximate surface area is 71.3 Å². The largest absolute Gasteiger partial charge is 0.252 e. The molecule has 0 spiro atoms. The molecule has 0 aliphatic carbocycles. The molecule has 0 unspecified atom stereocenters. The lowest BCUT2D eigenvalue weighted by Crippen LogP contribution is -1.93. The molecule has 0 aliphatic rings. The van der Waals surface area contributed by atoms with Gasteiger partial charge in [0.25, 0.3) is 5.78 Å². The Kier molecular flexibility index (Phi) is 2.74. The van der Waals surface area contributed by atoms with Crippen LogP contribution in [0.25, 0.3) is 5.78 Å². The van der Waals surface area contributed by atoms with E-state index in [1.807, 2.05) is 26.8 Å². The van der Waals surface area contributed by atoms with Gasteiger partial charge in [-0.05, 0) is 13.0 Å². The lowest BCUT2D eigenvalue weighted by Gasteiger charge is -1.92. The van der Waals surface area contributed by atoms with Gasteiger partial charge in [-0.1, -0.05) is 13.8 Å². The fourth-order valence-corrected chi connectivity index (χ4v) is 0.855. The summed E-state index contributed by atoms with van der Waals surface area (Å²) in [4.78, 5) is 7.91. The van der Waals surface area contributed by atoms with Crippen molar-refractivity contribution in [1.29, 1.82) is 0 Å². The number of rotatable bonds is 0. The van der Waals surface area contributed by atoms with Gasteiger partial charge in [0, 0.05) is 11.9 Å². The average Bonchev–Trinajstić information content (AvgIpc) is 2.57. The molecule has 0 radical (unpaired) electrons. The van der Waals surface area contributed by atoms with Crippen molar-refractivity contribution >= 4 is 5.78 Å². The summed E-state index contributed by atoms with van der Waals surface area (Å²) in [6.45, 7) is 5.96. The van der Waals surface area contributed by atoms with Crippen LogP contribution in [0, 0.1) is 6.92 Å². The minimum absolute atomic E-state index is 0.653. The molecular formula is C8H12N4. The van der Waals surface area contributed by atoms with E-state index in [0.717, 1.165) is 5.69 Å². The van der Waals surface area contributed by atoms with Crippen LogP contribution in [0.1, 0.15) is 19.5 Å². The maximum absolute atomic E-state index is 3.99. The summed E-state index contributed by atoms with van der Waals surface area (Å²) < 4.78 is 1.69. The third-order valence-corrected chi connectivity index (χ3v) is 1.37. The van der Waals surface area contributed by atoms with Crippen LogP contribution in [0.2, 0.25) is 0 Å². The number of nitrogens with zero attached hydrogens (tertiary/aromatic N) is 4. The zero-order valence-corrected chi connectivity index (χ0v) is 7.52. The fourth-order valence-electron chi connectivity index (χ4n) is 0.855. The summed E-state index contributed by atoms with van der Waals surface area (Å²) in [5, 5.41) is 3.96. The molecule has 0 aromatic carbocycles. The molecule has 2 heterocycles. The molecule has 0 saturated heterocycles.